The summed E-state index contributed by atoms with van der Waals surface area (Å²) in [4.78, 5) is 67.0. The molecule has 0 saturated heterocycles. The highest BCUT2D eigenvalue weighted by atomic mass is 16.6. The zero-order valence-electron chi connectivity index (χ0n) is 28.2. The van der Waals surface area contributed by atoms with Crippen molar-refractivity contribution >= 4 is 40.7 Å². The maximum atomic E-state index is 13.8. The van der Waals surface area contributed by atoms with Crippen molar-refractivity contribution in [2.45, 2.75) is 90.1 Å². The van der Waals surface area contributed by atoms with Gasteiger partial charge in [-0.2, -0.15) is 0 Å². The summed E-state index contributed by atoms with van der Waals surface area (Å²) in [7, 11) is 0. The predicted octanol–water partition coefficient (Wildman–Crippen LogP) is 2.78. The third kappa shape index (κ3) is 12.4. The first-order valence-electron chi connectivity index (χ1n) is 16.0. The molecular formula is C35H48N6O7. The minimum Gasteiger partial charge on any atom is -0.481 e. The lowest BCUT2D eigenvalue weighted by Crippen LogP contribution is -2.57. The third-order valence-electron chi connectivity index (χ3n) is 7.46. The number of amides is 4. The van der Waals surface area contributed by atoms with Crippen molar-refractivity contribution < 1.29 is 33.8 Å². The van der Waals surface area contributed by atoms with Gasteiger partial charge in [-0.3, -0.25) is 19.2 Å². The number of H-pyrrole nitrogens is 1. The number of carbonyl (C=O) groups is 5. The number of carboxylic acid groups (broad SMARTS) is 1. The van der Waals surface area contributed by atoms with Gasteiger partial charge in [-0.05, 0) is 50.3 Å². The van der Waals surface area contributed by atoms with Crippen LogP contribution in [-0.4, -0.2) is 76.2 Å². The number of carboxylic acids is 1. The van der Waals surface area contributed by atoms with Gasteiger partial charge in [0.25, 0.3) is 0 Å². The van der Waals surface area contributed by atoms with Crippen molar-refractivity contribution in [3.05, 3.63) is 71.9 Å². The molecule has 260 valence electrons. The number of carbonyl (C=O) groups excluding carboxylic acids is 4. The van der Waals surface area contributed by atoms with E-state index in [2.05, 4.69) is 26.3 Å². The predicted molar refractivity (Wildman–Crippen MR) is 182 cm³/mol. The quantitative estimate of drug-likeness (QED) is 0.114. The smallest absolute Gasteiger partial charge is 0.408 e. The topological polar surface area (TPSA) is 205 Å². The van der Waals surface area contributed by atoms with E-state index < -0.39 is 66.0 Å². The van der Waals surface area contributed by atoms with Crippen molar-refractivity contribution in [3.63, 3.8) is 0 Å². The van der Waals surface area contributed by atoms with E-state index in [4.69, 9.17) is 10.5 Å². The molecule has 0 radical (unpaired) electrons. The number of para-hydroxylation sites is 1. The second-order valence-electron chi connectivity index (χ2n) is 13.3. The number of nitrogens with one attached hydrogen (secondary N) is 5. The second kappa shape index (κ2) is 17.3. The summed E-state index contributed by atoms with van der Waals surface area (Å²) in [6, 6.07) is 12.7. The van der Waals surface area contributed by atoms with Crippen molar-refractivity contribution in [1.82, 2.24) is 26.3 Å². The lowest BCUT2D eigenvalue weighted by molar-refractivity contribution is -0.140. The van der Waals surface area contributed by atoms with E-state index in [1.165, 1.54) is 0 Å². The van der Waals surface area contributed by atoms with Gasteiger partial charge in [-0.1, -0.05) is 62.4 Å². The van der Waals surface area contributed by atoms with Crippen LogP contribution in [0.25, 0.3) is 10.9 Å². The number of primary amides is 1. The van der Waals surface area contributed by atoms with E-state index in [-0.39, 0.29) is 25.3 Å². The number of benzene rings is 2. The van der Waals surface area contributed by atoms with Crippen LogP contribution in [0, 0.1) is 5.92 Å². The van der Waals surface area contributed by atoms with Gasteiger partial charge in [0, 0.05) is 42.5 Å². The van der Waals surface area contributed by atoms with Gasteiger partial charge in [0.1, 0.15) is 17.7 Å². The number of hydrogen-bond donors (Lipinski definition) is 7. The Hall–Kier alpha value is -4.91. The second-order valence-corrected chi connectivity index (χ2v) is 13.3. The largest absolute Gasteiger partial charge is 0.481 e. The zero-order chi connectivity index (χ0) is 35.4. The number of fused-ring (bicyclic) bond motifs is 1. The Morgan fingerprint density at radius 2 is 1.50 bits per heavy atom. The first-order valence-corrected chi connectivity index (χ1v) is 16.0. The molecule has 13 nitrogen and oxygen atoms in total. The first-order chi connectivity index (χ1) is 22.6. The Balaban J connectivity index is 1.77. The molecule has 3 aromatic rings. The number of aromatic amines is 1. The van der Waals surface area contributed by atoms with Crippen LogP contribution < -0.4 is 27.0 Å². The van der Waals surface area contributed by atoms with Gasteiger partial charge in [0.05, 0.1) is 12.5 Å². The lowest BCUT2D eigenvalue weighted by Gasteiger charge is -2.28. The molecule has 3 rings (SSSR count). The number of nitrogens with two attached hydrogens (primary N) is 1. The Kier molecular flexibility index (Phi) is 13.5. The molecule has 48 heavy (non-hydrogen) atoms. The summed E-state index contributed by atoms with van der Waals surface area (Å²) in [6.45, 7) is 9.13. The molecule has 0 aliphatic rings. The van der Waals surface area contributed by atoms with E-state index in [1.54, 1.807) is 51.2 Å². The van der Waals surface area contributed by atoms with E-state index in [1.807, 2.05) is 44.2 Å². The van der Waals surface area contributed by atoms with Crippen molar-refractivity contribution in [2.75, 3.05) is 6.54 Å². The average molecular weight is 665 g/mol. The molecule has 0 unspecified atom stereocenters. The fraction of sp³-hybridized carbons (Fsp3) is 0.457. The van der Waals surface area contributed by atoms with Crippen LogP contribution in [0.5, 0.6) is 0 Å². The molecular weight excluding hydrogens is 616 g/mol. The Labute approximate surface area is 280 Å². The maximum Gasteiger partial charge on any atom is 0.408 e. The average Bonchev–Trinajstić information content (AvgIpc) is 3.40. The molecule has 2 aromatic carbocycles. The first kappa shape index (κ1) is 37.5. The molecule has 4 atom stereocenters. The molecule has 1 aromatic heterocycles. The van der Waals surface area contributed by atoms with Crippen molar-refractivity contribution in [3.8, 4) is 0 Å². The number of aliphatic carboxylic acids is 1. The van der Waals surface area contributed by atoms with Gasteiger partial charge in [-0.15, -0.1) is 0 Å². The van der Waals surface area contributed by atoms with E-state index >= 15 is 0 Å². The highest BCUT2D eigenvalue weighted by molar-refractivity contribution is 5.91. The number of rotatable bonds is 17. The molecule has 13 heteroatoms. The molecule has 8 N–H and O–H groups in total. The minimum absolute atomic E-state index is 0.0292. The monoisotopic (exact) mass is 664 g/mol. The van der Waals surface area contributed by atoms with Crippen LogP contribution in [0.1, 0.15) is 58.6 Å². The summed E-state index contributed by atoms with van der Waals surface area (Å²) in [5, 5.41) is 21.7. The lowest BCUT2D eigenvalue weighted by atomic mass is 10.0. The highest BCUT2D eigenvalue weighted by Crippen LogP contribution is 2.20. The van der Waals surface area contributed by atoms with Gasteiger partial charge in [0.2, 0.25) is 17.7 Å². The van der Waals surface area contributed by atoms with E-state index in [9.17, 15) is 29.1 Å². The van der Waals surface area contributed by atoms with Crippen molar-refractivity contribution in [1.29, 1.82) is 0 Å². The summed E-state index contributed by atoms with van der Waals surface area (Å²) >= 11 is 0. The molecule has 0 fully saturated rings. The third-order valence-corrected chi connectivity index (χ3v) is 7.46. The number of alkyl carbamates (subject to hydrolysis) is 1. The highest BCUT2D eigenvalue weighted by Gasteiger charge is 2.30. The van der Waals surface area contributed by atoms with Crippen LogP contribution in [0.4, 0.5) is 4.79 Å². The summed E-state index contributed by atoms with van der Waals surface area (Å²) < 4.78 is 5.44. The Bertz CT molecular complexity index is 1550. The molecule has 0 spiro atoms. The SMILES string of the molecule is CC(C)C[C@@H](CN[C@@H](CC(=O)O)C(=O)N[C@@H](Cc1ccccc1)C(N)=O)NC(=O)[C@H](Cc1c[nH]c2ccccc12)NC(=O)OC(C)(C)C. The number of aromatic nitrogens is 1. The molecule has 0 aliphatic carbocycles. The fourth-order valence-electron chi connectivity index (χ4n) is 5.31. The zero-order valence-corrected chi connectivity index (χ0v) is 28.2. The van der Waals surface area contributed by atoms with Crippen LogP contribution in [0.15, 0.2) is 60.8 Å². The van der Waals surface area contributed by atoms with Crippen molar-refractivity contribution in [2.24, 2.45) is 11.7 Å². The summed E-state index contributed by atoms with van der Waals surface area (Å²) in [6.07, 6.45) is 1.24. The van der Waals surface area contributed by atoms with Gasteiger partial charge < -0.3 is 41.8 Å². The van der Waals surface area contributed by atoms with E-state index in [0.717, 1.165) is 22.0 Å². The van der Waals surface area contributed by atoms with Gasteiger partial charge in [-0.25, -0.2) is 4.79 Å². The normalized spacial score (nSPS) is 14.0. The maximum absolute atomic E-state index is 13.8. The fourth-order valence-corrected chi connectivity index (χ4v) is 5.31. The molecule has 4 amide bonds. The van der Waals surface area contributed by atoms with Crippen LogP contribution >= 0.6 is 0 Å². The summed E-state index contributed by atoms with van der Waals surface area (Å²) in [5.41, 5.74) is 7.25. The Morgan fingerprint density at radius 1 is 0.854 bits per heavy atom. The van der Waals surface area contributed by atoms with Crippen LogP contribution in [-0.2, 0) is 36.8 Å². The molecule has 0 aliphatic heterocycles. The van der Waals surface area contributed by atoms with Crippen LogP contribution in [0.2, 0.25) is 0 Å². The molecule has 0 bridgehead atoms. The standard InChI is InChI=1S/C35H48N6O7/c1-21(2)15-24(20-38-28(18-30(42)43)32(45)40-27(31(36)44)16-22-11-7-6-8-12-22)39-33(46)29(41-34(47)48-35(3,4)5)17-23-19-37-26-14-10-9-13-25(23)26/h6-14,19,21,24,27-29,37-38H,15-18,20H2,1-5H3,(H2,36,44)(H,39,46)(H,40,45)(H,41,47)(H,42,43)/t24-,27-,28-,29-/m0/s1. The summed E-state index contributed by atoms with van der Waals surface area (Å²) in [5.74, 6) is -3.07. The Morgan fingerprint density at radius 3 is 2.12 bits per heavy atom. The van der Waals surface area contributed by atoms with E-state index in [0.29, 0.717) is 6.42 Å². The van der Waals surface area contributed by atoms with Gasteiger partial charge >= 0.3 is 12.1 Å². The molecule has 1 heterocycles. The molecule has 0 saturated carbocycles. The number of ether oxygens (including phenoxy) is 1. The number of hydrogen-bond acceptors (Lipinski definition) is 7. The van der Waals surface area contributed by atoms with Gasteiger partial charge in [0.15, 0.2) is 0 Å². The van der Waals surface area contributed by atoms with Crippen LogP contribution in [0.3, 0.4) is 0 Å². The minimum atomic E-state index is -1.23.